The molecular weight excluding hydrogens is 505 g/mol. The molecule has 0 saturated heterocycles. The van der Waals surface area contributed by atoms with Crippen molar-refractivity contribution >= 4 is 28.5 Å². The van der Waals surface area contributed by atoms with E-state index in [-0.39, 0.29) is 5.41 Å². The lowest BCUT2D eigenvalue weighted by atomic mass is 9.77. The van der Waals surface area contributed by atoms with Crippen LogP contribution in [0.2, 0.25) is 0 Å². The van der Waals surface area contributed by atoms with E-state index in [1.54, 1.807) is 0 Å². The quantitative estimate of drug-likeness (QED) is 0.228. The Hall–Kier alpha value is -4.59. The van der Waals surface area contributed by atoms with Gasteiger partial charge in [-0.05, 0) is 34.0 Å². The summed E-state index contributed by atoms with van der Waals surface area (Å²) in [6, 6.07) is 43.1. The van der Waals surface area contributed by atoms with Crippen LogP contribution in [0.25, 0.3) is 60.5 Å². The van der Waals surface area contributed by atoms with E-state index in [4.69, 9.17) is 15.0 Å². The highest BCUT2D eigenvalue weighted by Crippen LogP contribution is 2.63. The minimum atomic E-state index is -0.602. The third-order valence-electron chi connectivity index (χ3n) is 8.24. The molecule has 2 aromatic heterocycles. The molecule has 0 aliphatic carbocycles. The molecule has 4 heteroatoms. The molecule has 0 radical (unpaired) electrons. The summed E-state index contributed by atoms with van der Waals surface area (Å²) in [5, 5.41) is 7.22. The van der Waals surface area contributed by atoms with Crippen molar-refractivity contribution in [2.75, 3.05) is 0 Å². The summed E-state index contributed by atoms with van der Waals surface area (Å²) in [5.74, 6) is 2.07. The Bertz CT molecular complexity index is 2020. The Labute approximate surface area is 234 Å². The third-order valence-corrected chi connectivity index (χ3v) is 10.9. The lowest BCUT2D eigenvalue weighted by Crippen LogP contribution is -2.21. The largest absolute Gasteiger partial charge is 0.208 e. The lowest BCUT2D eigenvalue weighted by Gasteiger charge is -2.34. The zero-order valence-electron chi connectivity index (χ0n) is 22.3. The summed E-state index contributed by atoms with van der Waals surface area (Å²) in [4.78, 5) is 14.9. The number of hydrogen-bond donors (Lipinski definition) is 0. The average molecular weight is 532 g/mol. The normalized spacial score (nSPS) is 13.9. The van der Waals surface area contributed by atoms with Crippen LogP contribution in [0.5, 0.6) is 0 Å². The van der Waals surface area contributed by atoms with Crippen molar-refractivity contribution < 1.29 is 0 Å². The van der Waals surface area contributed by atoms with E-state index >= 15 is 0 Å². The Morgan fingerprint density at radius 3 is 1.75 bits per heavy atom. The summed E-state index contributed by atoms with van der Waals surface area (Å²) in [5.41, 5.74) is 5.63. The lowest BCUT2D eigenvalue weighted by molar-refractivity contribution is 0.650. The van der Waals surface area contributed by atoms with Gasteiger partial charge in [0.1, 0.15) is 0 Å². The molecule has 1 aliphatic heterocycles. The molecule has 1 atom stereocenters. The smallest absolute Gasteiger partial charge is 0.164 e. The van der Waals surface area contributed by atoms with E-state index in [0.717, 1.165) is 16.7 Å². The van der Waals surface area contributed by atoms with Crippen LogP contribution in [0.15, 0.2) is 121 Å². The van der Waals surface area contributed by atoms with Crippen LogP contribution in [0.1, 0.15) is 25.0 Å². The van der Waals surface area contributed by atoms with Gasteiger partial charge in [0.25, 0.3) is 0 Å². The summed E-state index contributed by atoms with van der Waals surface area (Å²) in [7, 11) is -0.602. The Kier molecular flexibility index (Phi) is 5.08. The maximum absolute atomic E-state index is 5.01. The van der Waals surface area contributed by atoms with E-state index in [1.807, 2.05) is 36.4 Å². The molecule has 5 aromatic carbocycles. The molecule has 190 valence electrons. The first-order valence-electron chi connectivity index (χ1n) is 13.6. The summed E-state index contributed by atoms with van der Waals surface area (Å²) < 4.78 is 0. The van der Waals surface area contributed by atoms with Gasteiger partial charge in [-0.2, -0.15) is 0 Å². The molecule has 0 amide bonds. The second-order valence-electron chi connectivity index (χ2n) is 10.9. The molecule has 3 heterocycles. The van der Waals surface area contributed by atoms with Crippen molar-refractivity contribution in [1.82, 2.24) is 15.0 Å². The maximum atomic E-state index is 5.01. The van der Waals surface area contributed by atoms with Gasteiger partial charge in [0.05, 0.1) is 0 Å². The van der Waals surface area contributed by atoms with Crippen LogP contribution in [-0.4, -0.2) is 15.0 Å². The average Bonchev–Trinajstić information content (AvgIpc) is 3.35. The molecule has 3 nitrogen and oxygen atoms in total. The molecule has 8 rings (SSSR count). The van der Waals surface area contributed by atoms with Gasteiger partial charge in [-0.15, -0.1) is 0 Å². The van der Waals surface area contributed by atoms with Crippen molar-refractivity contribution in [2.24, 2.45) is 0 Å². The van der Waals surface area contributed by atoms with E-state index in [9.17, 15) is 0 Å². The van der Waals surface area contributed by atoms with Crippen molar-refractivity contribution in [3.63, 3.8) is 0 Å². The van der Waals surface area contributed by atoms with Crippen LogP contribution in [0, 0.1) is 0 Å². The molecule has 0 bridgehead atoms. The van der Waals surface area contributed by atoms with Crippen LogP contribution < -0.4 is 0 Å². The maximum Gasteiger partial charge on any atom is 0.164 e. The number of benzene rings is 5. The molecule has 1 unspecified atom stereocenters. The predicted octanol–water partition coefficient (Wildman–Crippen LogP) is 9.79. The topological polar surface area (TPSA) is 38.7 Å². The van der Waals surface area contributed by atoms with Gasteiger partial charge in [0.15, 0.2) is 17.5 Å². The molecule has 1 aliphatic rings. The summed E-state index contributed by atoms with van der Waals surface area (Å²) >= 11 is 0. The molecular formula is C36H26N3P. The number of nitrogens with zero attached hydrogens (tertiary/aromatic N) is 3. The van der Waals surface area contributed by atoms with Gasteiger partial charge >= 0.3 is 0 Å². The van der Waals surface area contributed by atoms with Gasteiger partial charge < -0.3 is 0 Å². The van der Waals surface area contributed by atoms with Gasteiger partial charge in [-0.1, -0.05) is 131 Å². The molecule has 7 aromatic rings. The number of hydrogen-bond acceptors (Lipinski definition) is 3. The summed E-state index contributed by atoms with van der Waals surface area (Å²) in [6.45, 7) is 4.72. The zero-order valence-corrected chi connectivity index (χ0v) is 23.2. The SMILES string of the molecule is CC1(C)c2cc(-c3nc(-c4ccccc4)nc(-c4ccccc4)n3)ccc2-p2c3ccccc3c3cccc1c32. The highest BCUT2D eigenvalue weighted by Gasteiger charge is 2.35. The van der Waals surface area contributed by atoms with Crippen molar-refractivity contribution in [1.29, 1.82) is 0 Å². The van der Waals surface area contributed by atoms with Crippen LogP contribution in [-0.2, 0) is 5.41 Å². The van der Waals surface area contributed by atoms with Gasteiger partial charge in [0, 0.05) is 37.6 Å². The predicted molar refractivity (Wildman–Crippen MR) is 167 cm³/mol. The minimum absolute atomic E-state index is 0.144. The fourth-order valence-electron chi connectivity index (χ4n) is 6.23. The Morgan fingerprint density at radius 1 is 0.500 bits per heavy atom. The standard InChI is InChI=1S/C36H26N3P/c1-36(2)28-18-11-17-27-26-16-9-10-19-30(26)40(32(27)28)31-21-20-25(22-29(31)36)35-38-33(23-12-5-3-6-13-23)37-34(39-35)24-14-7-4-8-15-24/h3-22H,1-2H3. The fraction of sp³-hybridized carbons (Fsp3) is 0.0833. The zero-order chi connectivity index (χ0) is 26.8. The third kappa shape index (κ3) is 3.41. The van der Waals surface area contributed by atoms with E-state index < -0.39 is 7.53 Å². The Balaban J connectivity index is 1.38. The fourth-order valence-corrected chi connectivity index (χ4v) is 9.48. The highest BCUT2D eigenvalue weighted by atomic mass is 31.1. The Morgan fingerprint density at radius 2 is 1.07 bits per heavy atom. The molecule has 0 N–H and O–H groups in total. The van der Waals surface area contributed by atoms with E-state index in [2.05, 4.69) is 98.8 Å². The highest BCUT2D eigenvalue weighted by molar-refractivity contribution is 7.68. The number of fused-ring (bicyclic) bond motifs is 5. The molecule has 0 saturated carbocycles. The number of aromatic nitrogens is 3. The molecule has 0 fully saturated rings. The minimum Gasteiger partial charge on any atom is -0.208 e. The second kappa shape index (κ2) is 8.71. The molecule has 40 heavy (non-hydrogen) atoms. The van der Waals surface area contributed by atoms with Crippen molar-refractivity contribution in [2.45, 2.75) is 19.3 Å². The van der Waals surface area contributed by atoms with Crippen LogP contribution in [0.4, 0.5) is 0 Å². The first-order chi connectivity index (χ1) is 19.6. The monoisotopic (exact) mass is 531 g/mol. The van der Waals surface area contributed by atoms with Crippen LogP contribution in [0.3, 0.4) is 0 Å². The number of rotatable bonds is 3. The van der Waals surface area contributed by atoms with E-state index in [0.29, 0.717) is 17.5 Å². The second-order valence-corrected chi connectivity index (χ2v) is 13.0. The molecule has 0 spiro atoms. The van der Waals surface area contributed by atoms with Gasteiger partial charge in [-0.25, -0.2) is 15.0 Å². The van der Waals surface area contributed by atoms with Gasteiger partial charge in [0.2, 0.25) is 0 Å². The first-order valence-corrected chi connectivity index (χ1v) is 15.0. The van der Waals surface area contributed by atoms with Crippen LogP contribution >= 0.6 is 7.53 Å². The van der Waals surface area contributed by atoms with Crippen molar-refractivity contribution in [3.05, 3.63) is 132 Å². The van der Waals surface area contributed by atoms with Crippen molar-refractivity contribution in [3.8, 4) is 39.5 Å². The summed E-state index contributed by atoms with van der Waals surface area (Å²) in [6.07, 6.45) is 0. The first kappa shape index (κ1) is 23.3. The van der Waals surface area contributed by atoms with Gasteiger partial charge in [-0.3, -0.25) is 0 Å². The van der Waals surface area contributed by atoms with E-state index in [1.165, 1.54) is 37.4 Å².